The van der Waals surface area contributed by atoms with Crippen molar-refractivity contribution in [1.29, 1.82) is 0 Å². The molecule has 0 saturated heterocycles. The minimum atomic E-state index is 0.173. The fourth-order valence-electron chi connectivity index (χ4n) is 2.30. The van der Waals surface area contributed by atoms with Gasteiger partial charge in [-0.05, 0) is 30.5 Å². The van der Waals surface area contributed by atoms with Crippen LogP contribution >= 0.6 is 0 Å². The van der Waals surface area contributed by atoms with E-state index in [1.807, 2.05) is 18.3 Å². The van der Waals surface area contributed by atoms with E-state index in [4.69, 9.17) is 0 Å². The summed E-state index contributed by atoms with van der Waals surface area (Å²) in [5.74, 6) is 0. The molecule has 0 radical (unpaired) electrons. The van der Waals surface area contributed by atoms with Crippen LogP contribution in [0.1, 0.15) is 44.0 Å². The zero-order chi connectivity index (χ0) is 13.5. The second-order valence-corrected chi connectivity index (χ2v) is 4.78. The molecule has 0 amide bonds. The predicted octanol–water partition coefficient (Wildman–Crippen LogP) is 3.95. The van der Waals surface area contributed by atoms with Gasteiger partial charge in [-0.15, -0.1) is 0 Å². The summed E-state index contributed by atoms with van der Waals surface area (Å²) in [7, 11) is 0. The summed E-state index contributed by atoms with van der Waals surface area (Å²) in [5, 5.41) is 3.72. The summed E-state index contributed by atoms with van der Waals surface area (Å²) in [5.41, 5.74) is 2.36. The summed E-state index contributed by atoms with van der Waals surface area (Å²) in [4.78, 5) is 4.51. The molecule has 100 valence electrons. The molecule has 1 unspecified atom stereocenters. The first-order valence-corrected chi connectivity index (χ1v) is 7.07. The Hall–Kier alpha value is -1.67. The van der Waals surface area contributed by atoms with E-state index in [-0.39, 0.29) is 6.04 Å². The molecule has 1 atom stereocenters. The second-order valence-electron chi connectivity index (χ2n) is 4.78. The smallest absolute Gasteiger partial charge is 0.0753 e. The highest BCUT2D eigenvalue weighted by atomic mass is 15.0. The van der Waals surface area contributed by atoms with Crippen molar-refractivity contribution in [3.05, 3.63) is 66.0 Å². The van der Waals surface area contributed by atoms with Crippen molar-refractivity contribution in [2.45, 2.75) is 38.8 Å². The summed E-state index contributed by atoms with van der Waals surface area (Å²) >= 11 is 0. The summed E-state index contributed by atoms with van der Waals surface area (Å²) in [6, 6.07) is 17.3. The molecule has 2 aromatic rings. The molecule has 0 aliphatic carbocycles. The molecule has 0 fully saturated rings. The quantitative estimate of drug-likeness (QED) is 0.844. The first-order chi connectivity index (χ1) is 9.35. The van der Waals surface area contributed by atoms with Gasteiger partial charge in [0.15, 0.2) is 0 Å². The van der Waals surface area contributed by atoms with Gasteiger partial charge in [-0.2, -0.15) is 0 Å². The Morgan fingerprint density at radius 3 is 2.21 bits per heavy atom. The third-order valence-corrected chi connectivity index (χ3v) is 3.50. The summed E-state index contributed by atoms with van der Waals surface area (Å²) in [6.45, 7) is 4.45. The lowest BCUT2D eigenvalue weighted by Crippen LogP contribution is -2.33. The Labute approximate surface area is 115 Å². The monoisotopic (exact) mass is 254 g/mol. The second kappa shape index (κ2) is 7.05. The molecule has 1 N–H and O–H groups in total. The van der Waals surface area contributed by atoms with Crippen LogP contribution < -0.4 is 5.32 Å². The van der Waals surface area contributed by atoms with Gasteiger partial charge >= 0.3 is 0 Å². The Morgan fingerprint density at radius 1 is 0.947 bits per heavy atom. The lowest BCUT2D eigenvalue weighted by molar-refractivity contribution is 0.442. The Morgan fingerprint density at radius 2 is 1.63 bits per heavy atom. The Balaban J connectivity index is 2.29. The molecule has 1 aromatic heterocycles. The molecule has 0 bridgehead atoms. The molecule has 2 rings (SSSR count). The van der Waals surface area contributed by atoms with Gasteiger partial charge in [0.1, 0.15) is 0 Å². The molecular weight excluding hydrogens is 232 g/mol. The zero-order valence-electron chi connectivity index (χ0n) is 11.7. The standard InChI is InChI=1S/C17H22N2/c1-3-15(4-2)19-17(14-10-6-5-7-11-14)16-12-8-9-13-18-16/h5-13,15,17,19H,3-4H2,1-2H3. The highest BCUT2D eigenvalue weighted by Crippen LogP contribution is 2.21. The Kier molecular flexibility index (Phi) is 5.10. The molecule has 19 heavy (non-hydrogen) atoms. The molecule has 2 heteroatoms. The summed E-state index contributed by atoms with van der Waals surface area (Å²) in [6.07, 6.45) is 4.12. The highest BCUT2D eigenvalue weighted by molar-refractivity contribution is 5.27. The van der Waals surface area contributed by atoms with Crippen molar-refractivity contribution in [2.75, 3.05) is 0 Å². The first kappa shape index (κ1) is 13.8. The number of pyridine rings is 1. The number of hydrogen-bond acceptors (Lipinski definition) is 2. The molecule has 1 heterocycles. The van der Waals surface area contributed by atoms with E-state index in [2.05, 4.69) is 60.5 Å². The van der Waals surface area contributed by atoms with Crippen LogP contribution in [-0.4, -0.2) is 11.0 Å². The number of benzene rings is 1. The van der Waals surface area contributed by atoms with E-state index in [1.54, 1.807) is 0 Å². The molecule has 2 nitrogen and oxygen atoms in total. The van der Waals surface area contributed by atoms with Crippen LogP contribution in [0.2, 0.25) is 0 Å². The van der Waals surface area contributed by atoms with Gasteiger partial charge in [-0.3, -0.25) is 4.98 Å². The van der Waals surface area contributed by atoms with Crippen molar-refractivity contribution in [1.82, 2.24) is 10.3 Å². The minimum Gasteiger partial charge on any atom is -0.302 e. The van der Waals surface area contributed by atoms with E-state index < -0.39 is 0 Å². The average molecular weight is 254 g/mol. The number of aromatic nitrogens is 1. The molecular formula is C17H22N2. The fourth-order valence-corrected chi connectivity index (χ4v) is 2.30. The molecule has 1 aromatic carbocycles. The maximum atomic E-state index is 4.51. The van der Waals surface area contributed by atoms with Crippen molar-refractivity contribution in [3.8, 4) is 0 Å². The average Bonchev–Trinajstić information content (AvgIpc) is 2.50. The number of rotatable bonds is 6. The molecule has 0 aliphatic heterocycles. The van der Waals surface area contributed by atoms with Gasteiger partial charge in [-0.25, -0.2) is 0 Å². The van der Waals surface area contributed by atoms with Gasteiger partial charge in [0.2, 0.25) is 0 Å². The number of nitrogens with one attached hydrogen (secondary N) is 1. The lowest BCUT2D eigenvalue weighted by Gasteiger charge is -2.24. The van der Waals surface area contributed by atoms with Crippen LogP contribution in [0.4, 0.5) is 0 Å². The van der Waals surface area contributed by atoms with Crippen LogP contribution in [-0.2, 0) is 0 Å². The van der Waals surface area contributed by atoms with Crippen LogP contribution in [0.5, 0.6) is 0 Å². The Bertz CT molecular complexity index is 424. The van der Waals surface area contributed by atoms with E-state index in [0.717, 1.165) is 18.5 Å². The topological polar surface area (TPSA) is 24.9 Å². The maximum absolute atomic E-state index is 4.51. The molecule has 0 saturated carbocycles. The van der Waals surface area contributed by atoms with Crippen LogP contribution in [0, 0.1) is 0 Å². The maximum Gasteiger partial charge on any atom is 0.0753 e. The first-order valence-electron chi connectivity index (χ1n) is 7.07. The number of nitrogens with zero attached hydrogens (tertiary/aromatic N) is 1. The SMILES string of the molecule is CCC(CC)NC(c1ccccc1)c1ccccn1. The van der Waals surface area contributed by atoms with Crippen LogP contribution in [0.15, 0.2) is 54.7 Å². The highest BCUT2D eigenvalue weighted by Gasteiger charge is 2.17. The van der Waals surface area contributed by atoms with Crippen molar-refractivity contribution in [2.24, 2.45) is 0 Å². The lowest BCUT2D eigenvalue weighted by atomic mass is 10.0. The van der Waals surface area contributed by atoms with E-state index in [1.165, 1.54) is 5.56 Å². The minimum absolute atomic E-state index is 0.173. The summed E-state index contributed by atoms with van der Waals surface area (Å²) < 4.78 is 0. The normalized spacial score (nSPS) is 12.6. The third kappa shape index (κ3) is 3.65. The molecule has 0 spiro atoms. The van der Waals surface area contributed by atoms with Crippen LogP contribution in [0.25, 0.3) is 0 Å². The van der Waals surface area contributed by atoms with E-state index in [0.29, 0.717) is 6.04 Å². The zero-order valence-corrected chi connectivity index (χ0v) is 11.7. The number of hydrogen-bond donors (Lipinski definition) is 1. The van der Waals surface area contributed by atoms with Gasteiger partial charge in [0, 0.05) is 12.2 Å². The fraction of sp³-hybridized carbons (Fsp3) is 0.353. The van der Waals surface area contributed by atoms with Crippen molar-refractivity contribution < 1.29 is 0 Å². The van der Waals surface area contributed by atoms with E-state index in [9.17, 15) is 0 Å². The van der Waals surface area contributed by atoms with Gasteiger partial charge < -0.3 is 5.32 Å². The van der Waals surface area contributed by atoms with Crippen molar-refractivity contribution in [3.63, 3.8) is 0 Å². The molecule has 0 aliphatic rings. The predicted molar refractivity (Wildman–Crippen MR) is 80.0 cm³/mol. The largest absolute Gasteiger partial charge is 0.302 e. The van der Waals surface area contributed by atoms with Gasteiger partial charge in [-0.1, -0.05) is 50.2 Å². The van der Waals surface area contributed by atoms with Gasteiger partial charge in [0.05, 0.1) is 11.7 Å². The van der Waals surface area contributed by atoms with Gasteiger partial charge in [0.25, 0.3) is 0 Å². The van der Waals surface area contributed by atoms with Crippen LogP contribution in [0.3, 0.4) is 0 Å². The van der Waals surface area contributed by atoms with Crippen molar-refractivity contribution >= 4 is 0 Å². The third-order valence-electron chi connectivity index (χ3n) is 3.50. The van der Waals surface area contributed by atoms with E-state index >= 15 is 0 Å².